The van der Waals surface area contributed by atoms with E-state index in [0.29, 0.717) is 11.7 Å². The molecule has 6 nitrogen and oxygen atoms in total. The monoisotopic (exact) mass is 233 g/mol. The SMILES string of the molecule is Cn1cncc1-c1noc(C2CCNCC2)n1. The summed E-state index contributed by atoms with van der Waals surface area (Å²) in [6, 6.07) is 0. The van der Waals surface area contributed by atoms with Gasteiger partial charge in [0.05, 0.1) is 12.5 Å². The summed E-state index contributed by atoms with van der Waals surface area (Å²) in [6.07, 6.45) is 5.60. The number of piperidine rings is 1. The number of nitrogens with zero attached hydrogens (tertiary/aromatic N) is 4. The summed E-state index contributed by atoms with van der Waals surface area (Å²) in [6.45, 7) is 2.04. The number of hydrogen-bond donors (Lipinski definition) is 1. The molecule has 0 unspecified atom stereocenters. The van der Waals surface area contributed by atoms with Gasteiger partial charge in [-0.15, -0.1) is 0 Å². The van der Waals surface area contributed by atoms with E-state index in [-0.39, 0.29) is 0 Å². The van der Waals surface area contributed by atoms with Crippen molar-refractivity contribution in [2.24, 2.45) is 7.05 Å². The maximum atomic E-state index is 5.35. The molecule has 0 amide bonds. The van der Waals surface area contributed by atoms with Gasteiger partial charge >= 0.3 is 0 Å². The van der Waals surface area contributed by atoms with Crippen LogP contribution in [0.15, 0.2) is 17.0 Å². The van der Waals surface area contributed by atoms with E-state index in [0.717, 1.165) is 37.5 Å². The standard InChI is InChI=1S/C11H15N5O/c1-16-7-13-6-9(16)10-14-11(17-15-10)8-2-4-12-5-3-8/h6-8,12H,2-5H2,1H3. The van der Waals surface area contributed by atoms with Crippen LogP contribution in [-0.4, -0.2) is 32.8 Å². The van der Waals surface area contributed by atoms with Gasteiger partial charge in [0.25, 0.3) is 0 Å². The summed E-state index contributed by atoms with van der Waals surface area (Å²) in [7, 11) is 1.92. The van der Waals surface area contributed by atoms with Crippen molar-refractivity contribution >= 4 is 0 Å². The molecule has 0 radical (unpaired) electrons. The predicted molar refractivity (Wildman–Crippen MR) is 61.3 cm³/mol. The third-order valence-corrected chi connectivity index (χ3v) is 3.18. The maximum absolute atomic E-state index is 5.35. The zero-order valence-corrected chi connectivity index (χ0v) is 9.76. The summed E-state index contributed by atoms with van der Waals surface area (Å²) < 4.78 is 7.24. The third kappa shape index (κ3) is 1.95. The fraction of sp³-hybridized carbons (Fsp3) is 0.545. The molecular formula is C11H15N5O. The molecule has 1 aliphatic rings. The molecule has 1 aliphatic heterocycles. The molecule has 0 aliphatic carbocycles. The van der Waals surface area contributed by atoms with Crippen LogP contribution in [0, 0.1) is 0 Å². The van der Waals surface area contributed by atoms with Gasteiger partial charge in [-0.3, -0.25) is 0 Å². The van der Waals surface area contributed by atoms with Crippen LogP contribution in [0.1, 0.15) is 24.7 Å². The Kier molecular flexibility index (Phi) is 2.64. The summed E-state index contributed by atoms with van der Waals surface area (Å²) in [5.41, 5.74) is 0.883. The molecule has 0 bridgehead atoms. The largest absolute Gasteiger partial charge is 0.339 e. The van der Waals surface area contributed by atoms with E-state index in [1.54, 1.807) is 12.5 Å². The van der Waals surface area contributed by atoms with Crippen LogP contribution in [0.25, 0.3) is 11.5 Å². The highest BCUT2D eigenvalue weighted by Crippen LogP contribution is 2.25. The van der Waals surface area contributed by atoms with Crippen LogP contribution < -0.4 is 5.32 Å². The van der Waals surface area contributed by atoms with E-state index >= 15 is 0 Å². The van der Waals surface area contributed by atoms with Gasteiger partial charge < -0.3 is 14.4 Å². The molecule has 2 aromatic rings. The molecule has 0 atom stereocenters. The van der Waals surface area contributed by atoms with Crippen LogP contribution >= 0.6 is 0 Å². The molecule has 1 N–H and O–H groups in total. The molecule has 17 heavy (non-hydrogen) atoms. The minimum Gasteiger partial charge on any atom is -0.339 e. The second kappa shape index (κ2) is 4.29. The minimum absolute atomic E-state index is 0.394. The Morgan fingerprint density at radius 1 is 1.41 bits per heavy atom. The summed E-state index contributed by atoms with van der Waals surface area (Å²) in [5, 5.41) is 7.35. The van der Waals surface area contributed by atoms with Crippen LogP contribution in [0.5, 0.6) is 0 Å². The van der Waals surface area contributed by atoms with E-state index in [2.05, 4.69) is 20.4 Å². The Hall–Kier alpha value is -1.69. The Balaban J connectivity index is 1.85. The van der Waals surface area contributed by atoms with E-state index in [1.165, 1.54) is 0 Å². The number of aromatic nitrogens is 4. The van der Waals surface area contributed by atoms with Crippen molar-refractivity contribution < 1.29 is 4.52 Å². The molecule has 0 spiro atoms. The predicted octanol–water partition coefficient (Wildman–Crippen LogP) is 0.937. The lowest BCUT2D eigenvalue weighted by molar-refractivity contribution is 0.320. The minimum atomic E-state index is 0.394. The van der Waals surface area contributed by atoms with Crippen LogP contribution in [-0.2, 0) is 7.05 Å². The zero-order valence-electron chi connectivity index (χ0n) is 9.76. The van der Waals surface area contributed by atoms with Crippen LogP contribution in [0.4, 0.5) is 0 Å². The van der Waals surface area contributed by atoms with E-state index in [1.807, 2.05) is 11.6 Å². The van der Waals surface area contributed by atoms with Gasteiger partial charge in [0.15, 0.2) is 0 Å². The first-order valence-electron chi connectivity index (χ1n) is 5.85. The third-order valence-electron chi connectivity index (χ3n) is 3.18. The highest BCUT2D eigenvalue weighted by atomic mass is 16.5. The van der Waals surface area contributed by atoms with Crippen molar-refractivity contribution in [2.45, 2.75) is 18.8 Å². The van der Waals surface area contributed by atoms with E-state index in [4.69, 9.17) is 4.52 Å². The molecule has 2 aromatic heterocycles. The molecule has 3 heterocycles. The Bertz CT molecular complexity index is 497. The van der Waals surface area contributed by atoms with Crippen molar-refractivity contribution in [3.8, 4) is 11.5 Å². The van der Waals surface area contributed by atoms with Crippen molar-refractivity contribution in [3.05, 3.63) is 18.4 Å². The van der Waals surface area contributed by atoms with Gasteiger partial charge in [-0.05, 0) is 25.9 Å². The summed E-state index contributed by atoms with van der Waals surface area (Å²) in [4.78, 5) is 8.52. The fourth-order valence-electron chi connectivity index (χ4n) is 2.15. The first kappa shape index (κ1) is 10.5. The first-order chi connectivity index (χ1) is 8.34. The van der Waals surface area contributed by atoms with Gasteiger partial charge in [-0.2, -0.15) is 4.98 Å². The van der Waals surface area contributed by atoms with Gasteiger partial charge in [0.2, 0.25) is 11.7 Å². The zero-order chi connectivity index (χ0) is 11.7. The molecule has 0 aromatic carbocycles. The highest BCUT2D eigenvalue weighted by molar-refractivity contribution is 5.47. The number of hydrogen-bond acceptors (Lipinski definition) is 5. The topological polar surface area (TPSA) is 68.8 Å². The molecule has 0 saturated carbocycles. The van der Waals surface area contributed by atoms with Gasteiger partial charge in [0, 0.05) is 13.0 Å². The molecular weight excluding hydrogens is 218 g/mol. The lowest BCUT2D eigenvalue weighted by atomic mass is 9.98. The molecule has 1 fully saturated rings. The van der Waals surface area contributed by atoms with Gasteiger partial charge in [-0.1, -0.05) is 5.16 Å². The molecule has 6 heteroatoms. The second-order valence-electron chi connectivity index (χ2n) is 4.37. The highest BCUT2D eigenvalue weighted by Gasteiger charge is 2.22. The molecule has 1 saturated heterocycles. The van der Waals surface area contributed by atoms with E-state index < -0.39 is 0 Å². The fourth-order valence-corrected chi connectivity index (χ4v) is 2.15. The Labute approximate surface area is 99.0 Å². The Morgan fingerprint density at radius 2 is 2.24 bits per heavy atom. The number of nitrogens with one attached hydrogen (secondary N) is 1. The lowest BCUT2D eigenvalue weighted by Gasteiger charge is -2.18. The average Bonchev–Trinajstić information content (AvgIpc) is 2.98. The first-order valence-corrected chi connectivity index (χ1v) is 5.85. The van der Waals surface area contributed by atoms with Crippen molar-refractivity contribution in [3.63, 3.8) is 0 Å². The summed E-state index contributed by atoms with van der Waals surface area (Å²) >= 11 is 0. The van der Waals surface area contributed by atoms with Crippen molar-refractivity contribution in [1.82, 2.24) is 25.0 Å². The van der Waals surface area contributed by atoms with E-state index in [9.17, 15) is 0 Å². The van der Waals surface area contributed by atoms with Gasteiger partial charge in [-0.25, -0.2) is 4.98 Å². The number of rotatable bonds is 2. The number of imidazole rings is 1. The maximum Gasteiger partial charge on any atom is 0.230 e. The summed E-state index contributed by atoms with van der Waals surface area (Å²) in [5.74, 6) is 1.77. The van der Waals surface area contributed by atoms with Crippen molar-refractivity contribution in [1.29, 1.82) is 0 Å². The molecule has 3 rings (SSSR count). The van der Waals surface area contributed by atoms with Crippen LogP contribution in [0.3, 0.4) is 0 Å². The second-order valence-corrected chi connectivity index (χ2v) is 4.37. The smallest absolute Gasteiger partial charge is 0.230 e. The van der Waals surface area contributed by atoms with Crippen LogP contribution in [0.2, 0.25) is 0 Å². The quantitative estimate of drug-likeness (QED) is 0.836. The van der Waals surface area contributed by atoms with Gasteiger partial charge in [0.1, 0.15) is 5.69 Å². The normalized spacial score (nSPS) is 17.5. The number of aryl methyl sites for hydroxylation is 1. The van der Waals surface area contributed by atoms with Crippen molar-refractivity contribution in [2.75, 3.05) is 13.1 Å². The Morgan fingerprint density at radius 3 is 2.94 bits per heavy atom. The lowest BCUT2D eigenvalue weighted by Crippen LogP contribution is -2.26. The molecule has 90 valence electrons. The average molecular weight is 233 g/mol.